The number of rotatable bonds is 7. The number of likely N-dealkylation sites (N-methyl/N-ethyl adjacent to an activating group) is 1. The predicted octanol–water partition coefficient (Wildman–Crippen LogP) is 5.54. The summed E-state index contributed by atoms with van der Waals surface area (Å²) >= 11 is 6.32. The third kappa shape index (κ3) is 5.38. The third-order valence-electron chi connectivity index (χ3n) is 5.88. The van der Waals surface area contributed by atoms with Crippen LogP contribution in [0.4, 0.5) is 34.5 Å². The highest BCUT2D eigenvalue weighted by molar-refractivity contribution is 6.33. The van der Waals surface area contributed by atoms with Gasteiger partial charge in [0.2, 0.25) is 5.95 Å². The predicted molar refractivity (Wildman–Crippen MR) is 139 cm³/mol. The normalized spacial score (nSPS) is 14.1. The minimum Gasteiger partial charge on any atom is -0.369 e. The Morgan fingerprint density at radius 1 is 1.00 bits per heavy atom. The van der Waals surface area contributed by atoms with E-state index in [4.69, 9.17) is 16.6 Å². The number of piperazine rings is 1. The third-order valence-corrected chi connectivity index (χ3v) is 6.19. The fraction of sp³-hybridized carbons (Fsp3) is 0.280. The van der Waals surface area contributed by atoms with Gasteiger partial charge in [0.1, 0.15) is 5.82 Å². The molecule has 33 heavy (non-hydrogen) atoms. The molecular formula is C25H30ClN7. The Kier molecular flexibility index (Phi) is 7.01. The number of nitrogens with one attached hydrogen (secondary N) is 3. The zero-order chi connectivity index (χ0) is 23.4. The van der Waals surface area contributed by atoms with E-state index in [1.165, 1.54) is 5.69 Å². The first-order chi connectivity index (χ1) is 15.9. The van der Waals surface area contributed by atoms with Crippen LogP contribution >= 0.6 is 11.6 Å². The summed E-state index contributed by atoms with van der Waals surface area (Å²) in [6.07, 6.45) is 3.43. The molecule has 0 aliphatic carbocycles. The van der Waals surface area contributed by atoms with Crippen LogP contribution in [0.25, 0.3) is 0 Å². The SMILES string of the molecule is C=CNc1c(Cl)ccc(Nc2nc(Nc3ccc(N4CCN(C)CC4)cc3)ncc2C)c1C. The van der Waals surface area contributed by atoms with Crippen molar-refractivity contribution in [1.82, 2.24) is 14.9 Å². The fourth-order valence-electron chi connectivity index (χ4n) is 3.80. The summed E-state index contributed by atoms with van der Waals surface area (Å²) in [7, 11) is 2.17. The lowest BCUT2D eigenvalue weighted by atomic mass is 10.1. The van der Waals surface area contributed by atoms with Crippen LogP contribution in [0, 0.1) is 13.8 Å². The van der Waals surface area contributed by atoms with E-state index in [9.17, 15) is 0 Å². The van der Waals surface area contributed by atoms with Gasteiger partial charge in [0.25, 0.3) is 0 Å². The molecule has 8 heteroatoms. The molecule has 1 fully saturated rings. The van der Waals surface area contributed by atoms with E-state index in [1.54, 1.807) is 6.20 Å². The van der Waals surface area contributed by atoms with Gasteiger partial charge in [0.15, 0.2) is 0 Å². The largest absolute Gasteiger partial charge is 0.369 e. The zero-order valence-electron chi connectivity index (χ0n) is 19.3. The molecule has 0 bridgehead atoms. The molecule has 0 atom stereocenters. The van der Waals surface area contributed by atoms with E-state index in [0.29, 0.717) is 11.0 Å². The minimum absolute atomic E-state index is 0.534. The van der Waals surface area contributed by atoms with Crippen LogP contribution in [-0.2, 0) is 0 Å². The Hall–Kier alpha value is -3.29. The summed E-state index contributed by atoms with van der Waals surface area (Å²) < 4.78 is 0. The van der Waals surface area contributed by atoms with Gasteiger partial charge in [0.05, 0.1) is 10.7 Å². The highest BCUT2D eigenvalue weighted by Crippen LogP contribution is 2.33. The first-order valence-electron chi connectivity index (χ1n) is 11.0. The average molecular weight is 464 g/mol. The van der Waals surface area contributed by atoms with Crippen molar-refractivity contribution < 1.29 is 0 Å². The van der Waals surface area contributed by atoms with Crippen molar-refractivity contribution in [1.29, 1.82) is 0 Å². The van der Waals surface area contributed by atoms with Gasteiger partial charge in [-0.1, -0.05) is 18.2 Å². The summed E-state index contributed by atoms with van der Waals surface area (Å²) in [5.41, 5.74) is 5.84. The van der Waals surface area contributed by atoms with Gasteiger partial charge in [0, 0.05) is 55.0 Å². The number of aryl methyl sites for hydroxylation is 1. The van der Waals surface area contributed by atoms with Gasteiger partial charge in [-0.05, 0) is 69.1 Å². The monoisotopic (exact) mass is 463 g/mol. The van der Waals surface area contributed by atoms with E-state index >= 15 is 0 Å². The van der Waals surface area contributed by atoms with Crippen molar-refractivity contribution in [2.24, 2.45) is 0 Å². The maximum absolute atomic E-state index is 6.32. The Bertz CT molecular complexity index is 1120. The maximum Gasteiger partial charge on any atom is 0.229 e. The van der Waals surface area contributed by atoms with E-state index in [1.807, 2.05) is 32.2 Å². The second-order valence-electron chi connectivity index (χ2n) is 8.26. The lowest BCUT2D eigenvalue weighted by Gasteiger charge is -2.34. The van der Waals surface area contributed by atoms with Gasteiger partial charge in [-0.15, -0.1) is 0 Å². The summed E-state index contributed by atoms with van der Waals surface area (Å²) in [6.45, 7) is 12.0. The molecule has 3 N–H and O–H groups in total. The highest BCUT2D eigenvalue weighted by atomic mass is 35.5. The van der Waals surface area contributed by atoms with E-state index in [0.717, 1.165) is 60.2 Å². The number of benzene rings is 2. The number of nitrogens with zero attached hydrogens (tertiary/aromatic N) is 4. The molecule has 0 spiro atoms. The summed E-state index contributed by atoms with van der Waals surface area (Å²) in [5.74, 6) is 1.27. The van der Waals surface area contributed by atoms with Crippen molar-refractivity contribution in [2.75, 3.05) is 54.1 Å². The van der Waals surface area contributed by atoms with E-state index < -0.39 is 0 Å². The molecule has 2 aromatic carbocycles. The Balaban J connectivity index is 1.49. The van der Waals surface area contributed by atoms with Crippen molar-refractivity contribution >= 4 is 46.1 Å². The summed E-state index contributed by atoms with van der Waals surface area (Å²) in [6, 6.07) is 12.2. The molecule has 172 valence electrons. The van der Waals surface area contributed by atoms with Crippen molar-refractivity contribution in [3.63, 3.8) is 0 Å². The molecule has 0 saturated carbocycles. The zero-order valence-corrected chi connectivity index (χ0v) is 20.1. The topological polar surface area (TPSA) is 68.4 Å². The van der Waals surface area contributed by atoms with E-state index in [2.05, 4.69) is 68.6 Å². The molecular weight excluding hydrogens is 434 g/mol. The van der Waals surface area contributed by atoms with Crippen LogP contribution in [0.15, 0.2) is 55.4 Å². The second-order valence-corrected chi connectivity index (χ2v) is 8.66. The Labute approximate surface area is 200 Å². The molecule has 1 aromatic heterocycles. The van der Waals surface area contributed by atoms with Crippen LogP contribution < -0.4 is 20.9 Å². The highest BCUT2D eigenvalue weighted by Gasteiger charge is 2.14. The number of hydrogen-bond donors (Lipinski definition) is 3. The Morgan fingerprint density at radius 3 is 2.42 bits per heavy atom. The van der Waals surface area contributed by atoms with Crippen molar-refractivity contribution in [3.05, 3.63) is 71.5 Å². The summed E-state index contributed by atoms with van der Waals surface area (Å²) in [5, 5.41) is 10.5. The Morgan fingerprint density at radius 2 is 1.73 bits per heavy atom. The van der Waals surface area contributed by atoms with Gasteiger partial charge < -0.3 is 25.8 Å². The van der Waals surface area contributed by atoms with Crippen LogP contribution in [0.3, 0.4) is 0 Å². The van der Waals surface area contributed by atoms with Crippen molar-refractivity contribution in [2.45, 2.75) is 13.8 Å². The minimum atomic E-state index is 0.534. The molecule has 1 aliphatic heterocycles. The van der Waals surface area contributed by atoms with Crippen LogP contribution in [0.5, 0.6) is 0 Å². The van der Waals surface area contributed by atoms with Crippen LogP contribution in [0.2, 0.25) is 5.02 Å². The molecule has 4 rings (SSSR count). The van der Waals surface area contributed by atoms with Gasteiger partial charge in [-0.3, -0.25) is 0 Å². The average Bonchev–Trinajstić information content (AvgIpc) is 2.82. The lowest BCUT2D eigenvalue weighted by Crippen LogP contribution is -2.44. The standard InChI is InChI=1S/C25H30ClN7/c1-5-27-23-18(3)22(11-10-21(23)26)30-24-17(2)16-28-25(31-24)29-19-6-8-20(9-7-19)33-14-12-32(4)13-15-33/h5-11,16,27H,1,12-15H2,2-4H3,(H2,28,29,30,31). The molecule has 3 aromatic rings. The number of halogens is 1. The maximum atomic E-state index is 6.32. The van der Waals surface area contributed by atoms with Gasteiger partial charge in [-0.2, -0.15) is 4.98 Å². The molecule has 0 radical (unpaired) electrons. The molecule has 7 nitrogen and oxygen atoms in total. The van der Waals surface area contributed by atoms with Crippen LogP contribution in [-0.4, -0.2) is 48.1 Å². The van der Waals surface area contributed by atoms with Crippen LogP contribution in [0.1, 0.15) is 11.1 Å². The number of hydrogen-bond acceptors (Lipinski definition) is 7. The van der Waals surface area contributed by atoms with E-state index in [-0.39, 0.29) is 0 Å². The molecule has 2 heterocycles. The molecule has 1 saturated heterocycles. The molecule has 0 unspecified atom stereocenters. The number of anilines is 6. The smallest absolute Gasteiger partial charge is 0.229 e. The fourth-order valence-corrected chi connectivity index (χ4v) is 4.06. The molecule has 0 amide bonds. The lowest BCUT2D eigenvalue weighted by molar-refractivity contribution is 0.313. The second kappa shape index (κ2) is 10.1. The van der Waals surface area contributed by atoms with Crippen molar-refractivity contribution in [3.8, 4) is 0 Å². The quantitative estimate of drug-likeness (QED) is 0.425. The van der Waals surface area contributed by atoms with Gasteiger partial charge >= 0.3 is 0 Å². The summed E-state index contributed by atoms with van der Waals surface area (Å²) in [4.78, 5) is 13.9. The molecule has 1 aliphatic rings. The first kappa shape index (κ1) is 22.9. The first-order valence-corrected chi connectivity index (χ1v) is 11.4. The van der Waals surface area contributed by atoms with Gasteiger partial charge in [-0.25, -0.2) is 4.98 Å². The number of aromatic nitrogens is 2.